The van der Waals surface area contributed by atoms with E-state index in [1.54, 1.807) is 12.1 Å². The molecule has 0 bridgehead atoms. The van der Waals surface area contributed by atoms with E-state index in [1.807, 2.05) is 0 Å². The number of nitrogens with one attached hydrogen (secondary N) is 1. The van der Waals surface area contributed by atoms with Gasteiger partial charge in [0.2, 0.25) is 0 Å². The molecular formula is C14H18ClFN2S. The third-order valence-corrected chi connectivity index (χ3v) is 3.98. The van der Waals surface area contributed by atoms with Gasteiger partial charge < -0.3 is 10.2 Å². The lowest BCUT2D eigenvalue weighted by Crippen LogP contribution is -2.44. The van der Waals surface area contributed by atoms with Crippen molar-refractivity contribution in [3.63, 3.8) is 0 Å². The van der Waals surface area contributed by atoms with Gasteiger partial charge in [0.15, 0.2) is 5.11 Å². The number of nitrogens with zero attached hydrogens (tertiary/aromatic N) is 1. The number of thiocarbonyl (C=S) groups is 1. The Bertz CT molecular complexity index is 471. The summed E-state index contributed by atoms with van der Waals surface area (Å²) in [5, 5.41) is 3.91. The molecule has 0 aromatic heterocycles. The van der Waals surface area contributed by atoms with Crippen LogP contribution in [-0.4, -0.2) is 23.1 Å². The number of rotatable bonds is 1. The zero-order valence-electron chi connectivity index (χ0n) is 11.1. The van der Waals surface area contributed by atoms with E-state index in [9.17, 15) is 4.39 Å². The van der Waals surface area contributed by atoms with Gasteiger partial charge in [0.05, 0.1) is 5.02 Å². The van der Waals surface area contributed by atoms with Crippen LogP contribution in [0.1, 0.15) is 20.3 Å². The van der Waals surface area contributed by atoms with Crippen LogP contribution in [0.2, 0.25) is 5.02 Å². The number of likely N-dealkylation sites (tertiary alicyclic amines) is 1. The van der Waals surface area contributed by atoms with Gasteiger partial charge in [0.25, 0.3) is 0 Å². The van der Waals surface area contributed by atoms with Crippen LogP contribution >= 0.6 is 23.8 Å². The summed E-state index contributed by atoms with van der Waals surface area (Å²) in [4.78, 5) is 2.17. The van der Waals surface area contributed by atoms with Crippen molar-refractivity contribution in [2.45, 2.75) is 20.3 Å². The summed E-state index contributed by atoms with van der Waals surface area (Å²) >= 11 is 11.2. The molecule has 19 heavy (non-hydrogen) atoms. The average molecular weight is 301 g/mol. The van der Waals surface area contributed by atoms with Crippen LogP contribution in [0.3, 0.4) is 0 Å². The van der Waals surface area contributed by atoms with Gasteiger partial charge in [0.1, 0.15) is 5.82 Å². The SMILES string of the molecule is CC1CC(C)CN(C(=S)Nc2ccc(F)c(Cl)c2)C1. The predicted octanol–water partition coefficient (Wildman–Crippen LogP) is 4.15. The number of halogens is 2. The molecule has 1 aliphatic rings. The highest BCUT2D eigenvalue weighted by molar-refractivity contribution is 7.80. The molecule has 1 aliphatic heterocycles. The van der Waals surface area contributed by atoms with E-state index in [-0.39, 0.29) is 5.02 Å². The Balaban J connectivity index is 2.02. The van der Waals surface area contributed by atoms with Crippen LogP contribution in [-0.2, 0) is 0 Å². The van der Waals surface area contributed by atoms with Gasteiger partial charge in [0, 0.05) is 18.8 Å². The van der Waals surface area contributed by atoms with E-state index in [1.165, 1.54) is 12.5 Å². The second kappa shape index (κ2) is 6.06. The van der Waals surface area contributed by atoms with Gasteiger partial charge in [-0.05, 0) is 48.7 Å². The van der Waals surface area contributed by atoms with Crippen molar-refractivity contribution in [3.8, 4) is 0 Å². The van der Waals surface area contributed by atoms with E-state index >= 15 is 0 Å². The van der Waals surface area contributed by atoms with Crippen molar-refractivity contribution in [2.24, 2.45) is 11.8 Å². The van der Waals surface area contributed by atoms with Crippen LogP contribution < -0.4 is 5.32 Å². The first-order valence-electron chi connectivity index (χ1n) is 6.46. The van der Waals surface area contributed by atoms with Crippen LogP contribution in [0, 0.1) is 17.7 Å². The van der Waals surface area contributed by atoms with Gasteiger partial charge >= 0.3 is 0 Å². The monoisotopic (exact) mass is 300 g/mol. The van der Waals surface area contributed by atoms with Crippen LogP contribution in [0.15, 0.2) is 18.2 Å². The molecule has 1 N–H and O–H groups in total. The highest BCUT2D eigenvalue weighted by Gasteiger charge is 2.23. The van der Waals surface area contributed by atoms with Crippen molar-refractivity contribution in [1.82, 2.24) is 4.90 Å². The maximum absolute atomic E-state index is 13.1. The van der Waals surface area contributed by atoms with E-state index in [0.717, 1.165) is 18.8 Å². The molecule has 0 spiro atoms. The molecule has 0 saturated carbocycles. The molecule has 1 fully saturated rings. The molecule has 1 aromatic carbocycles. The molecule has 0 radical (unpaired) electrons. The molecule has 2 rings (SSSR count). The number of benzene rings is 1. The lowest BCUT2D eigenvalue weighted by molar-refractivity contribution is 0.216. The molecule has 2 unspecified atom stereocenters. The Morgan fingerprint density at radius 3 is 2.58 bits per heavy atom. The Labute approximate surface area is 123 Å². The summed E-state index contributed by atoms with van der Waals surface area (Å²) in [5.41, 5.74) is 0.724. The second-order valence-electron chi connectivity index (χ2n) is 5.41. The van der Waals surface area contributed by atoms with Crippen molar-refractivity contribution in [2.75, 3.05) is 18.4 Å². The Hall–Kier alpha value is -0.870. The molecule has 1 aromatic rings. The molecule has 104 valence electrons. The standard InChI is InChI=1S/C14H18ClFN2S/c1-9-5-10(2)8-18(7-9)14(19)17-11-3-4-13(16)12(15)6-11/h3-4,6,9-10H,5,7-8H2,1-2H3,(H,17,19). The molecule has 0 aliphatic carbocycles. The third-order valence-electron chi connectivity index (χ3n) is 3.33. The van der Waals surface area contributed by atoms with Crippen molar-refractivity contribution in [3.05, 3.63) is 29.0 Å². The fraction of sp³-hybridized carbons (Fsp3) is 0.500. The molecule has 5 heteroatoms. The average Bonchev–Trinajstić information content (AvgIpc) is 2.32. The molecule has 1 saturated heterocycles. The summed E-state index contributed by atoms with van der Waals surface area (Å²) in [6.45, 7) is 6.40. The van der Waals surface area contributed by atoms with E-state index in [4.69, 9.17) is 23.8 Å². The number of hydrogen-bond donors (Lipinski definition) is 1. The van der Waals surface area contributed by atoms with Gasteiger partial charge in [-0.15, -0.1) is 0 Å². The first kappa shape index (κ1) is 14.5. The Morgan fingerprint density at radius 2 is 2.00 bits per heavy atom. The van der Waals surface area contributed by atoms with Crippen molar-refractivity contribution >= 4 is 34.6 Å². The van der Waals surface area contributed by atoms with E-state index in [0.29, 0.717) is 16.9 Å². The van der Waals surface area contributed by atoms with E-state index in [2.05, 4.69) is 24.1 Å². The van der Waals surface area contributed by atoms with Crippen LogP contribution in [0.25, 0.3) is 0 Å². The number of anilines is 1. The quantitative estimate of drug-likeness (QED) is 0.784. The first-order chi connectivity index (χ1) is 8.95. The lowest BCUT2D eigenvalue weighted by Gasteiger charge is -2.36. The minimum Gasteiger partial charge on any atom is -0.348 e. The van der Waals surface area contributed by atoms with Crippen LogP contribution in [0.4, 0.5) is 10.1 Å². The zero-order valence-corrected chi connectivity index (χ0v) is 12.7. The molecule has 1 heterocycles. The van der Waals surface area contributed by atoms with Crippen LogP contribution in [0.5, 0.6) is 0 Å². The Kier molecular flexibility index (Phi) is 4.63. The summed E-state index contributed by atoms with van der Waals surface area (Å²) in [7, 11) is 0. The highest BCUT2D eigenvalue weighted by atomic mass is 35.5. The maximum Gasteiger partial charge on any atom is 0.173 e. The summed E-state index contributed by atoms with van der Waals surface area (Å²) in [6.07, 6.45) is 1.24. The topological polar surface area (TPSA) is 15.3 Å². The van der Waals surface area contributed by atoms with Crippen molar-refractivity contribution in [1.29, 1.82) is 0 Å². The van der Waals surface area contributed by atoms with Gasteiger partial charge in [-0.25, -0.2) is 4.39 Å². The Morgan fingerprint density at radius 1 is 1.37 bits per heavy atom. The summed E-state index contributed by atoms with van der Waals surface area (Å²) in [6, 6.07) is 4.54. The highest BCUT2D eigenvalue weighted by Crippen LogP contribution is 2.23. The van der Waals surface area contributed by atoms with Gasteiger partial charge in [-0.2, -0.15) is 0 Å². The fourth-order valence-electron chi connectivity index (χ4n) is 2.61. The third kappa shape index (κ3) is 3.80. The lowest BCUT2D eigenvalue weighted by atomic mass is 9.92. The number of hydrogen-bond acceptors (Lipinski definition) is 1. The predicted molar refractivity (Wildman–Crippen MR) is 82.1 cm³/mol. The second-order valence-corrected chi connectivity index (χ2v) is 6.20. The fourth-order valence-corrected chi connectivity index (χ4v) is 3.05. The molecule has 2 atom stereocenters. The first-order valence-corrected chi connectivity index (χ1v) is 7.25. The minimum atomic E-state index is -0.418. The summed E-state index contributed by atoms with van der Waals surface area (Å²) < 4.78 is 13.1. The van der Waals surface area contributed by atoms with Crippen molar-refractivity contribution < 1.29 is 4.39 Å². The largest absolute Gasteiger partial charge is 0.348 e. The maximum atomic E-state index is 13.1. The smallest absolute Gasteiger partial charge is 0.173 e. The molecule has 2 nitrogen and oxygen atoms in total. The minimum absolute atomic E-state index is 0.105. The van der Waals surface area contributed by atoms with E-state index < -0.39 is 5.82 Å². The number of piperidine rings is 1. The zero-order chi connectivity index (χ0) is 14.0. The molecule has 0 amide bonds. The summed E-state index contributed by atoms with van der Waals surface area (Å²) in [5.74, 6) is 0.860. The van der Waals surface area contributed by atoms with Gasteiger partial charge in [-0.1, -0.05) is 25.4 Å². The molecular weight excluding hydrogens is 283 g/mol. The van der Waals surface area contributed by atoms with Gasteiger partial charge in [-0.3, -0.25) is 0 Å². The normalized spacial score (nSPS) is 23.3.